The largest absolute Gasteiger partial charge is 0.454 e. The first-order chi connectivity index (χ1) is 13.8. The molecular weight excluding hydrogens is 356 g/mol. The number of fused-ring (bicyclic) bond motifs is 2. The first kappa shape index (κ1) is 16.6. The van der Waals surface area contributed by atoms with E-state index in [9.17, 15) is 4.79 Å². The van der Waals surface area contributed by atoms with Gasteiger partial charge in [-0.05, 0) is 29.7 Å². The summed E-state index contributed by atoms with van der Waals surface area (Å²) in [7, 11) is 0. The van der Waals surface area contributed by atoms with E-state index in [1.165, 1.54) is 17.5 Å². The highest BCUT2D eigenvalue weighted by Crippen LogP contribution is 2.35. The summed E-state index contributed by atoms with van der Waals surface area (Å²) < 4.78 is 10.7. The van der Waals surface area contributed by atoms with Gasteiger partial charge in [0.25, 0.3) is 5.91 Å². The van der Waals surface area contributed by atoms with E-state index in [-0.39, 0.29) is 12.7 Å². The number of carbonyl (C=O) groups excluding carboxylic acids is 1. The molecule has 3 heterocycles. The minimum absolute atomic E-state index is 0.0920. The maximum Gasteiger partial charge on any atom is 0.272 e. The molecule has 0 radical (unpaired) electrons. The summed E-state index contributed by atoms with van der Waals surface area (Å²) in [5.41, 5.74) is 3.67. The van der Waals surface area contributed by atoms with Crippen LogP contribution in [0.1, 0.15) is 21.6 Å². The first-order valence-corrected chi connectivity index (χ1v) is 9.11. The molecule has 7 nitrogen and oxygen atoms in total. The average molecular weight is 374 g/mol. The highest BCUT2D eigenvalue weighted by molar-refractivity contribution is 5.93. The molecule has 0 aliphatic carbocycles. The highest BCUT2D eigenvalue weighted by Gasteiger charge is 2.23. The second-order valence-electron chi connectivity index (χ2n) is 6.73. The van der Waals surface area contributed by atoms with Crippen molar-refractivity contribution in [2.45, 2.75) is 13.0 Å². The van der Waals surface area contributed by atoms with Crippen molar-refractivity contribution in [3.05, 3.63) is 71.7 Å². The van der Waals surface area contributed by atoms with E-state index in [1.807, 2.05) is 35.2 Å². The van der Waals surface area contributed by atoms with Gasteiger partial charge in [-0.25, -0.2) is 9.97 Å². The smallest absolute Gasteiger partial charge is 0.272 e. The second kappa shape index (κ2) is 6.84. The molecular formula is C21H18N4O3. The lowest BCUT2D eigenvalue weighted by atomic mass is 10.00. The lowest BCUT2D eigenvalue weighted by Crippen LogP contribution is -2.36. The van der Waals surface area contributed by atoms with Crippen molar-refractivity contribution < 1.29 is 14.3 Å². The molecule has 1 aromatic heterocycles. The fourth-order valence-corrected chi connectivity index (χ4v) is 3.50. The molecule has 0 saturated carbocycles. The van der Waals surface area contributed by atoms with Gasteiger partial charge < -0.3 is 19.7 Å². The fourth-order valence-electron chi connectivity index (χ4n) is 3.50. The van der Waals surface area contributed by atoms with Crippen molar-refractivity contribution in [1.29, 1.82) is 0 Å². The number of anilines is 2. The van der Waals surface area contributed by atoms with Crippen LogP contribution in [0.3, 0.4) is 0 Å². The van der Waals surface area contributed by atoms with Crippen molar-refractivity contribution >= 4 is 17.4 Å². The maximum absolute atomic E-state index is 12.9. The summed E-state index contributed by atoms with van der Waals surface area (Å²) >= 11 is 0. The molecule has 28 heavy (non-hydrogen) atoms. The lowest BCUT2D eigenvalue weighted by molar-refractivity contribution is 0.0728. The Morgan fingerprint density at radius 3 is 2.79 bits per heavy atom. The minimum Gasteiger partial charge on any atom is -0.454 e. The van der Waals surface area contributed by atoms with Gasteiger partial charge >= 0.3 is 0 Å². The molecule has 5 rings (SSSR count). The molecule has 2 aliphatic rings. The molecule has 0 saturated heterocycles. The molecule has 2 aliphatic heterocycles. The summed E-state index contributed by atoms with van der Waals surface area (Å²) in [6, 6.07) is 15.5. The van der Waals surface area contributed by atoms with Crippen LogP contribution in [0.5, 0.6) is 11.5 Å². The number of rotatable bonds is 3. The summed E-state index contributed by atoms with van der Waals surface area (Å²) in [5.74, 6) is 1.86. The third kappa shape index (κ3) is 3.11. The third-order valence-corrected chi connectivity index (χ3v) is 4.95. The zero-order chi connectivity index (χ0) is 18.9. The van der Waals surface area contributed by atoms with Gasteiger partial charge in [-0.2, -0.15) is 0 Å². The molecule has 0 unspecified atom stereocenters. The molecule has 0 bridgehead atoms. The lowest BCUT2D eigenvalue weighted by Gasteiger charge is -2.28. The number of aromatic nitrogens is 2. The molecule has 2 aromatic carbocycles. The van der Waals surface area contributed by atoms with E-state index in [0.717, 1.165) is 17.9 Å². The number of ether oxygens (including phenoxy) is 2. The van der Waals surface area contributed by atoms with Crippen molar-refractivity contribution in [3.8, 4) is 11.5 Å². The number of nitrogens with zero attached hydrogens (tertiary/aromatic N) is 3. The van der Waals surface area contributed by atoms with E-state index < -0.39 is 0 Å². The number of carbonyl (C=O) groups is 1. The van der Waals surface area contributed by atoms with E-state index in [0.29, 0.717) is 30.4 Å². The predicted octanol–water partition coefficient (Wildman–Crippen LogP) is 3.15. The van der Waals surface area contributed by atoms with Crippen LogP contribution in [0, 0.1) is 0 Å². The van der Waals surface area contributed by atoms with Crippen LogP contribution in [-0.2, 0) is 13.0 Å². The molecule has 1 N–H and O–H groups in total. The van der Waals surface area contributed by atoms with Crippen LogP contribution in [0.15, 0.2) is 54.9 Å². The number of benzene rings is 2. The first-order valence-electron chi connectivity index (χ1n) is 9.11. The molecule has 0 fully saturated rings. The van der Waals surface area contributed by atoms with Crippen molar-refractivity contribution in [2.24, 2.45) is 0 Å². The minimum atomic E-state index is -0.0920. The Bertz CT molecular complexity index is 1050. The Kier molecular flexibility index (Phi) is 4.05. The van der Waals surface area contributed by atoms with Gasteiger partial charge in [0.05, 0.1) is 0 Å². The number of hydrogen-bond donors (Lipinski definition) is 1. The normalized spacial score (nSPS) is 14.5. The van der Waals surface area contributed by atoms with Crippen LogP contribution < -0.4 is 14.8 Å². The zero-order valence-electron chi connectivity index (χ0n) is 15.1. The molecule has 1 amide bonds. The average Bonchev–Trinajstić information content (AvgIpc) is 3.21. The quantitative estimate of drug-likeness (QED) is 0.759. The van der Waals surface area contributed by atoms with E-state index >= 15 is 0 Å². The number of nitrogens with one attached hydrogen (secondary N) is 1. The van der Waals surface area contributed by atoms with E-state index in [2.05, 4.69) is 27.4 Å². The van der Waals surface area contributed by atoms with E-state index in [1.54, 1.807) is 6.07 Å². The van der Waals surface area contributed by atoms with Crippen LogP contribution in [0.2, 0.25) is 0 Å². The predicted molar refractivity (Wildman–Crippen MR) is 103 cm³/mol. The van der Waals surface area contributed by atoms with Gasteiger partial charge in [0.2, 0.25) is 6.79 Å². The van der Waals surface area contributed by atoms with Crippen molar-refractivity contribution in [2.75, 3.05) is 18.7 Å². The molecule has 3 aromatic rings. The summed E-state index contributed by atoms with van der Waals surface area (Å²) in [5, 5.41) is 3.19. The Hall–Kier alpha value is -3.61. The third-order valence-electron chi connectivity index (χ3n) is 4.95. The van der Waals surface area contributed by atoms with Crippen molar-refractivity contribution in [1.82, 2.24) is 14.9 Å². The Labute approximate surface area is 161 Å². The van der Waals surface area contributed by atoms with Crippen LogP contribution >= 0.6 is 0 Å². The second-order valence-corrected chi connectivity index (χ2v) is 6.73. The summed E-state index contributed by atoms with van der Waals surface area (Å²) in [4.78, 5) is 23.2. The summed E-state index contributed by atoms with van der Waals surface area (Å²) in [6.07, 6.45) is 2.26. The monoisotopic (exact) mass is 374 g/mol. The molecule has 140 valence electrons. The Morgan fingerprint density at radius 1 is 1.00 bits per heavy atom. The molecule has 0 spiro atoms. The van der Waals surface area contributed by atoms with Gasteiger partial charge in [-0.3, -0.25) is 4.79 Å². The van der Waals surface area contributed by atoms with Crippen molar-refractivity contribution in [3.63, 3.8) is 0 Å². The van der Waals surface area contributed by atoms with E-state index in [4.69, 9.17) is 9.47 Å². The topological polar surface area (TPSA) is 76.6 Å². The van der Waals surface area contributed by atoms with Crippen LogP contribution in [0.4, 0.5) is 11.5 Å². The van der Waals surface area contributed by atoms with Crippen LogP contribution in [-0.4, -0.2) is 34.1 Å². The maximum atomic E-state index is 12.9. The highest BCUT2D eigenvalue weighted by atomic mass is 16.7. The Morgan fingerprint density at radius 2 is 1.86 bits per heavy atom. The molecule has 7 heteroatoms. The van der Waals surface area contributed by atoms with Crippen LogP contribution in [0.25, 0.3) is 0 Å². The SMILES string of the molecule is O=C(c1cc(Nc2ccc3c(c2)OCO3)ncn1)N1CCc2ccccc2C1. The molecule has 0 atom stereocenters. The standard InChI is InChI=1S/C21H18N4O3/c26-21(25-8-7-14-3-1-2-4-15(14)11-25)17-10-20(23-12-22-17)24-16-5-6-18-19(9-16)28-13-27-18/h1-6,9-10,12H,7-8,11,13H2,(H,22,23,24). The van der Waals surface area contributed by atoms with Gasteiger partial charge in [0, 0.05) is 30.9 Å². The fraction of sp³-hybridized carbons (Fsp3) is 0.190. The zero-order valence-corrected chi connectivity index (χ0v) is 15.1. The van der Waals surface area contributed by atoms with Gasteiger partial charge in [0.15, 0.2) is 11.5 Å². The number of hydrogen-bond acceptors (Lipinski definition) is 6. The summed E-state index contributed by atoms with van der Waals surface area (Å²) in [6.45, 7) is 1.51. The van der Waals surface area contributed by atoms with Gasteiger partial charge in [-0.1, -0.05) is 24.3 Å². The number of amides is 1. The van der Waals surface area contributed by atoms with Gasteiger partial charge in [-0.15, -0.1) is 0 Å². The van der Waals surface area contributed by atoms with Gasteiger partial charge in [0.1, 0.15) is 17.8 Å². The Balaban J connectivity index is 1.33.